The van der Waals surface area contributed by atoms with Crippen molar-refractivity contribution in [2.75, 3.05) is 39.0 Å². The smallest absolute Gasteiger partial charge is 0.211 e. The fourth-order valence-corrected chi connectivity index (χ4v) is 2.55. The second kappa shape index (κ2) is 4.37. The molecule has 0 aromatic carbocycles. The van der Waals surface area contributed by atoms with E-state index in [9.17, 15) is 13.5 Å². The van der Waals surface area contributed by atoms with Crippen LogP contribution in [-0.2, 0) is 10.0 Å². The van der Waals surface area contributed by atoms with E-state index in [1.165, 1.54) is 10.6 Å². The van der Waals surface area contributed by atoms with E-state index in [-0.39, 0.29) is 12.1 Å². The zero-order valence-corrected chi connectivity index (χ0v) is 10.4. The minimum atomic E-state index is -3.06. The molecule has 0 aromatic heterocycles. The highest BCUT2D eigenvalue weighted by atomic mass is 32.2. The van der Waals surface area contributed by atoms with Crippen LogP contribution in [0.3, 0.4) is 0 Å². The summed E-state index contributed by atoms with van der Waals surface area (Å²) < 4.78 is 24.0. The second-order valence-electron chi connectivity index (χ2n) is 4.62. The van der Waals surface area contributed by atoms with Gasteiger partial charge in [-0.15, -0.1) is 0 Å². The topological polar surface area (TPSA) is 60.9 Å². The molecule has 1 saturated heterocycles. The number of rotatable bonds is 3. The van der Waals surface area contributed by atoms with Crippen molar-refractivity contribution in [1.82, 2.24) is 9.21 Å². The summed E-state index contributed by atoms with van der Waals surface area (Å²) in [6, 6.07) is 0. The molecule has 1 aliphatic rings. The third-order valence-electron chi connectivity index (χ3n) is 2.95. The van der Waals surface area contributed by atoms with E-state index in [0.29, 0.717) is 26.2 Å². The van der Waals surface area contributed by atoms with Gasteiger partial charge in [-0.2, -0.15) is 4.31 Å². The van der Waals surface area contributed by atoms with Gasteiger partial charge in [-0.3, -0.25) is 4.90 Å². The van der Waals surface area contributed by atoms with Gasteiger partial charge in [-0.25, -0.2) is 8.42 Å². The van der Waals surface area contributed by atoms with Crippen LogP contribution in [0.15, 0.2) is 0 Å². The van der Waals surface area contributed by atoms with E-state index >= 15 is 0 Å². The molecule has 6 heteroatoms. The Labute approximate surface area is 91.7 Å². The Kier molecular flexibility index (Phi) is 3.76. The van der Waals surface area contributed by atoms with Gasteiger partial charge in [0.1, 0.15) is 0 Å². The van der Waals surface area contributed by atoms with Crippen molar-refractivity contribution < 1.29 is 13.5 Å². The number of aliphatic hydroxyl groups excluding tert-OH is 1. The molecule has 15 heavy (non-hydrogen) atoms. The number of hydrogen-bond acceptors (Lipinski definition) is 4. The van der Waals surface area contributed by atoms with Gasteiger partial charge < -0.3 is 5.11 Å². The Hall–Kier alpha value is -0.170. The number of nitrogens with zero attached hydrogens (tertiary/aromatic N) is 2. The monoisotopic (exact) mass is 236 g/mol. The Morgan fingerprint density at radius 1 is 1.20 bits per heavy atom. The number of piperazine rings is 1. The average Bonchev–Trinajstić information content (AvgIpc) is 2.17. The summed E-state index contributed by atoms with van der Waals surface area (Å²) in [5.41, 5.74) is -0.260. The minimum Gasteiger partial charge on any atom is -0.394 e. The predicted molar refractivity (Wildman–Crippen MR) is 59.2 cm³/mol. The highest BCUT2D eigenvalue weighted by molar-refractivity contribution is 7.88. The average molecular weight is 236 g/mol. The molecule has 0 saturated carbocycles. The quantitative estimate of drug-likeness (QED) is 0.706. The van der Waals surface area contributed by atoms with E-state index < -0.39 is 10.0 Å². The lowest BCUT2D eigenvalue weighted by atomic mass is 10.0. The molecule has 1 heterocycles. The van der Waals surface area contributed by atoms with E-state index in [1.54, 1.807) is 0 Å². The number of sulfonamides is 1. The lowest BCUT2D eigenvalue weighted by molar-refractivity contribution is 0.0335. The van der Waals surface area contributed by atoms with Gasteiger partial charge in [-0.1, -0.05) is 0 Å². The fourth-order valence-electron chi connectivity index (χ4n) is 1.73. The lowest BCUT2D eigenvalue weighted by Crippen LogP contribution is -2.56. The van der Waals surface area contributed by atoms with Crippen molar-refractivity contribution in [3.05, 3.63) is 0 Å². The first-order chi connectivity index (χ1) is 6.77. The predicted octanol–water partition coefficient (Wildman–Crippen LogP) is -0.665. The Morgan fingerprint density at radius 3 is 2.00 bits per heavy atom. The van der Waals surface area contributed by atoms with Crippen LogP contribution in [0.4, 0.5) is 0 Å². The minimum absolute atomic E-state index is 0.0892. The summed E-state index contributed by atoms with van der Waals surface area (Å²) in [5.74, 6) is 0. The zero-order chi connectivity index (χ0) is 11.7. The first kappa shape index (κ1) is 12.9. The summed E-state index contributed by atoms with van der Waals surface area (Å²) in [6.07, 6.45) is 1.24. The summed E-state index contributed by atoms with van der Waals surface area (Å²) in [7, 11) is -3.06. The summed E-state index contributed by atoms with van der Waals surface area (Å²) >= 11 is 0. The lowest BCUT2D eigenvalue weighted by Gasteiger charge is -2.42. The van der Waals surface area contributed by atoms with Gasteiger partial charge in [0, 0.05) is 31.7 Å². The third kappa shape index (κ3) is 3.14. The van der Waals surface area contributed by atoms with Crippen LogP contribution < -0.4 is 0 Å². The normalized spacial score (nSPS) is 21.9. The van der Waals surface area contributed by atoms with E-state index in [0.717, 1.165) is 0 Å². The molecule has 90 valence electrons. The molecule has 1 fully saturated rings. The van der Waals surface area contributed by atoms with E-state index in [2.05, 4.69) is 4.90 Å². The molecule has 0 atom stereocenters. The number of aliphatic hydroxyl groups is 1. The summed E-state index contributed by atoms with van der Waals surface area (Å²) in [4.78, 5) is 2.12. The molecule has 0 bridgehead atoms. The molecule has 0 aliphatic carbocycles. The second-order valence-corrected chi connectivity index (χ2v) is 6.60. The van der Waals surface area contributed by atoms with Gasteiger partial charge in [0.2, 0.25) is 10.0 Å². The standard InChI is InChI=1S/C9H20N2O3S/c1-9(2,8-12)10-4-6-11(7-5-10)15(3,13)14/h12H,4-8H2,1-3H3. The molecule has 1 N–H and O–H groups in total. The first-order valence-corrected chi connectivity index (χ1v) is 6.93. The maximum atomic E-state index is 11.3. The van der Waals surface area contributed by atoms with Gasteiger partial charge in [0.15, 0.2) is 0 Å². The summed E-state index contributed by atoms with van der Waals surface area (Å²) in [5, 5.41) is 9.20. The van der Waals surface area contributed by atoms with Gasteiger partial charge in [0.05, 0.1) is 12.9 Å². The molecule has 0 amide bonds. The van der Waals surface area contributed by atoms with Crippen molar-refractivity contribution in [2.24, 2.45) is 0 Å². The zero-order valence-electron chi connectivity index (χ0n) is 9.60. The molecule has 0 radical (unpaired) electrons. The van der Waals surface area contributed by atoms with Crippen LogP contribution in [0.2, 0.25) is 0 Å². The third-order valence-corrected chi connectivity index (χ3v) is 4.25. The van der Waals surface area contributed by atoms with E-state index in [4.69, 9.17) is 0 Å². The van der Waals surface area contributed by atoms with Crippen molar-refractivity contribution in [3.8, 4) is 0 Å². The van der Waals surface area contributed by atoms with Crippen LogP contribution in [0, 0.1) is 0 Å². The molecule has 0 aromatic rings. The maximum Gasteiger partial charge on any atom is 0.211 e. The largest absolute Gasteiger partial charge is 0.394 e. The van der Waals surface area contributed by atoms with Crippen LogP contribution in [0.5, 0.6) is 0 Å². The van der Waals surface area contributed by atoms with Crippen molar-refractivity contribution in [3.63, 3.8) is 0 Å². The fraction of sp³-hybridized carbons (Fsp3) is 1.00. The maximum absolute atomic E-state index is 11.3. The van der Waals surface area contributed by atoms with Crippen LogP contribution in [0.1, 0.15) is 13.8 Å². The van der Waals surface area contributed by atoms with Gasteiger partial charge in [0.25, 0.3) is 0 Å². The molecule has 5 nitrogen and oxygen atoms in total. The van der Waals surface area contributed by atoms with Crippen molar-refractivity contribution in [2.45, 2.75) is 19.4 Å². The molecule has 1 rings (SSSR count). The van der Waals surface area contributed by atoms with Crippen LogP contribution in [-0.4, -0.2) is 67.3 Å². The van der Waals surface area contributed by atoms with Crippen LogP contribution in [0.25, 0.3) is 0 Å². The van der Waals surface area contributed by atoms with Crippen LogP contribution >= 0.6 is 0 Å². The van der Waals surface area contributed by atoms with Crippen molar-refractivity contribution >= 4 is 10.0 Å². The SMILES string of the molecule is CC(C)(CO)N1CCN(S(C)(=O)=O)CC1. The summed E-state index contributed by atoms with van der Waals surface area (Å²) in [6.45, 7) is 6.41. The molecule has 1 aliphatic heterocycles. The first-order valence-electron chi connectivity index (χ1n) is 5.08. The van der Waals surface area contributed by atoms with Gasteiger partial charge in [-0.05, 0) is 13.8 Å². The highest BCUT2D eigenvalue weighted by Gasteiger charge is 2.31. The molecule has 0 spiro atoms. The Balaban J connectivity index is 2.57. The molecular weight excluding hydrogens is 216 g/mol. The number of hydrogen-bond donors (Lipinski definition) is 1. The Bertz CT molecular complexity index is 305. The van der Waals surface area contributed by atoms with E-state index in [1.807, 2.05) is 13.8 Å². The molecule has 0 unspecified atom stereocenters. The highest BCUT2D eigenvalue weighted by Crippen LogP contribution is 2.17. The van der Waals surface area contributed by atoms with Crippen molar-refractivity contribution in [1.29, 1.82) is 0 Å². The molecular formula is C9H20N2O3S. The Morgan fingerprint density at radius 2 is 1.67 bits per heavy atom. The van der Waals surface area contributed by atoms with Gasteiger partial charge >= 0.3 is 0 Å².